The molecule has 0 fully saturated rings. The maximum absolute atomic E-state index is 12.4. The minimum absolute atomic E-state index is 0. The Bertz CT molecular complexity index is 340. The molecule has 5 heteroatoms. The van der Waals surface area contributed by atoms with Gasteiger partial charge < -0.3 is 5.73 Å². The second-order valence-corrected chi connectivity index (χ2v) is 2.79. The Morgan fingerprint density at radius 1 is 1.43 bits per heavy atom. The van der Waals surface area contributed by atoms with Gasteiger partial charge >= 0.3 is 0 Å². The molecule has 1 aromatic rings. The van der Waals surface area contributed by atoms with E-state index in [1.54, 1.807) is 13.0 Å². The van der Waals surface area contributed by atoms with Crippen LogP contribution in [0.5, 0.6) is 0 Å². The lowest BCUT2D eigenvalue weighted by molar-refractivity contribution is 0.150. The third kappa shape index (κ3) is 2.67. The van der Waals surface area contributed by atoms with Crippen molar-refractivity contribution in [2.45, 2.75) is 13.3 Å². The fraction of sp³-hybridized carbons (Fsp3) is 0.222. The number of halogens is 3. The molecular weight excluding hydrogens is 210 g/mol. The molecule has 0 amide bonds. The van der Waals surface area contributed by atoms with Crippen molar-refractivity contribution in [3.05, 3.63) is 34.9 Å². The SMILES string of the molecule is Cc1ccc(C(=N)N)cc1C(F)F.Cl. The van der Waals surface area contributed by atoms with Crippen LogP contribution in [0.1, 0.15) is 23.1 Å². The van der Waals surface area contributed by atoms with Gasteiger partial charge in [0.25, 0.3) is 6.43 Å². The normalized spacial score (nSPS) is 9.71. The van der Waals surface area contributed by atoms with Crippen molar-refractivity contribution in [2.24, 2.45) is 5.73 Å². The summed E-state index contributed by atoms with van der Waals surface area (Å²) in [6.45, 7) is 1.60. The number of alkyl halides is 2. The van der Waals surface area contributed by atoms with Crippen LogP contribution in [0.3, 0.4) is 0 Å². The van der Waals surface area contributed by atoms with E-state index in [4.69, 9.17) is 11.1 Å². The first-order chi connectivity index (χ1) is 6.02. The quantitative estimate of drug-likeness (QED) is 0.584. The summed E-state index contributed by atoms with van der Waals surface area (Å²) in [6, 6.07) is 4.35. The first-order valence-corrected chi connectivity index (χ1v) is 3.75. The third-order valence-electron chi connectivity index (χ3n) is 1.83. The number of aryl methyl sites for hydroxylation is 1. The largest absolute Gasteiger partial charge is 0.384 e. The first-order valence-electron chi connectivity index (χ1n) is 3.75. The van der Waals surface area contributed by atoms with Gasteiger partial charge in [-0.15, -0.1) is 12.4 Å². The zero-order valence-corrected chi connectivity index (χ0v) is 8.37. The smallest absolute Gasteiger partial charge is 0.264 e. The van der Waals surface area contributed by atoms with Crippen molar-refractivity contribution in [1.29, 1.82) is 5.41 Å². The van der Waals surface area contributed by atoms with E-state index >= 15 is 0 Å². The Morgan fingerprint density at radius 2 is 2.00 bits per heavy atom. The van der Waals surface area contributed by atoms with Crippen molar-refractivity contribution in [1.82, 2.24) is 0 Å². The van der Waals surface area contributed by atoms with Crippen LogP contribution in [0, 0.1) is 12.3 Å². The van der Waals surface area contributed by atoms with Gasteiger partial charge in [-0.2, -0.15) is 0 Å². The molecule has 1 aromatic carbocycles. The molecule has 2 nitrogen and oxygen atoms in total. The summed E-state index contributed by atoms with van der Waals surface area (Å²) in [7, 11) is 0. The van der Waals surface area contributed by atoms with Gasteiger partial charge in [0.1, 0.15) is 5.84 Å². The lowest BCUT2D eigenvalue weighted by Crippen LogP contribution is -2.11. The van der Waals surface area contributed by atoms with E-state index in [-0.39, 0.29) is 23.8 Å². The van der Waals surface area contributed by atoms with E-state index in [9.17, 15) is 8.78 Å². The average molecular weight is 221 g/mol. The summed E-state index contributed by atoms with van der Waals surface area (Å²) in [5, 5.41) is 7.08. The number of hydrogen-bond acceptors (Lipinski definition) is 1. The molecule has 0 aliphatic carbocycles. The molecule has 0 radical (unpaired) electrons. The predicted octanol–water partition coefficient (Wildman–Crippen LogP) is 2.64. The molecular formula is C9H11ClF2N2. The van der Waals surface area contributed by atoms with Crippen LogP contribution in [0.4, 0.5) is 8.78 Å². The number of nitrogens with one attached hydrogen (secondary N) is 1. The Balaban J connectivity index is 0.00000169. The van der Waals surface area contributed by atoms with Gasteiger partial charge in [-0.25, -0.2) is 8.78 Å². The molecule has 0 unspecified atom stereocenters. The van der Waals surface area contributed by atoms with Crippen molar-refractivity contribution >= 4 is 18.2 Å². The van der Waals surface area contributed by atoms with Crippen LogP contribution in [0.15, 0.2) is 18.2 Å². The number of benzene rings is 1. The highest BCUT2D eigenvalue weighted by Crippen LogP contribution is 2.23. The highest BCUT2D eigenvalue weighted by Gasteiger charge is 2.11. The van der Waals surface area contributed by atoms with Gasteiger partial charge in [-0.3, -0.25) is 5.41 Å². The van der Waals surface area contributed by atoms with E-state index in [0.717, 1.165) is 0 Å². The molecule has 1 rings (SSSR count). The number of hydrogen-bond donors (Lipinski definition) is 2. The number of nitrogen functional groups attached to an aromatic ring is 1. The summed E-state index contributed by atoms with van der Waals surface area (Å²) in [6.07, 6.45) is -2.51. The molecule has 0 aliphatic heterocycles. The van der Waals surface area contributed by atoms with Gasteiger partial charge in [0.2, 0.25) is 0 Å². The Kier molecular flexibility index (Phi) is 4.50. The molecule has 0 atom stereocenters. The van der Waals surface area contributed by atoms with Gasteiger partial charge in [0.15, 0.2) is 0 Å². The zero-order valence-electron chi connectivity index (χ0n) is 7.55. The predicted molar refractivity (Wildman–Crippen MR) is 54.4 cm³/mol. The molecule has 14 heavy (non-hydrogen) atoms. The summed E-state index contributed by atoms with van der Waals surface area (Å²) >= 11 is 0. The van der Waals surface area contributed by atoms with Crippen LogP contribution in [0.25, 0.3) is 0 Å². The van der Waals surface area contributed by atoms with Gasteiger partial charge in [0, 0.05) is 11.1 Å². The highest BCUT2D eigenvalue weighted by atomic mass is 35.5. The van der Waals surface area contributed by atoms with Crippen LogP contribution in [-0.4, -0.2) is 5.84 Å². The fourth-order valence-corrected chi connectivity index (χ4v) is 1.04. The van der Waals surface area contributed by atoms with E-state index in [2.05, 4.69) is 0 Å². The number of rotatable bonds is 2. The lowest BCUT2D eigenvalue weighted by atomic mass is 10.1. The van der Waals surface area contributed by atoms with Crippen LogP contribution < -0.4 is 5.73 Å². The number of amidine groups is 1. The standard InChI is InChI=1S/C9H10F2N2.ClH/c1-5-2-3-6(9(12)13)4-7(5)8(10)11;/h2-4,8H,1H3,(H3,12,13);1H. The summed E-state index contributed by atoms with van der Waals surface area (Å²) in [5.41, 5.74) is 5.96. The van der Waals surface area contributed by atoms with Crippen molar-refractivity contribution in [2.75, 3.05) is 0 Å². The molecule has 0 saturated heterocycles. The lowest BCUT2D eigenvalue weighted by Gasteiger charge is -2.06. The Hall–Kier alpha value is -1.16. The fourth-order valence-electron chi connectivity index (χ4n) is 1.04. The minimum atomic E-state index is -2.51. The molecule has 0 spiro atoms. The van der Waals surface area contributed by atoms with Crippen LogP contribution in [0.2, 0.25) is 0 Å². The number of nitrogens with two attached hydrogens (primary N) is 1. The second-order valence-electron chi connectivity index (χ2n) is 2.79. The van der Waals surface area contributed by atoms with E-state index in [1.165, 1.54) is 12.1 Å². The zero-order chi connectivity index (χ0) is 10.0. The van der Waals surface area contributed by atoms with E-state index in [0.29, 0.717) is 11.1 Å². The molecule has 0 saturated carbocycles. The monoisotopic (exact) mass is 220 g/mol. The average Bonchev–Trinajstić information content (AvgIpc) is 2.04. The van der Waals surface area contributed by atoms with E-state index in [1.807, 2.05) is 0 Å². The van der Waals surface area contributed by atoms with Crippen LogP contribution >= 0.6 is 12.4 Å². The summed E-state index contributed by atoms with van der Waals surface area (Å²) in [4.78, 5) is 0. The summed E-state index contributed by atoms with van der Waals surface area (Å²) in [5.74, 6) is -0.193. The Morgan fingerprint density at radius 3 is 2.43 bits per heavy atom. The minimum Gasteiger partial charge on any atom is -0.384 e. The maximum Gasteiger partial charge on any atom is 0.264 e. The third-order valence-corrected chi connectivity index (χ3v) is 1.83. The summed E-state index contributed by atoms with van der Waals surface area (Å²) < 4.78 is 24.7. The molecule has 78 valence electrons. The Labute approximate surface area is 87.0 Å². The molecule has 0 aliphatic rings. The van der Waals surface area contributed by atoms with Crippen molar-refractivity contribution < 1.29 is 8.78 Å². The second kappa shape index (κ2) is 4.91. The molecule has 3 N–H and O–H groups in total. The van der Waals surface area contributed by atoms with Crippen LogP contribution in [-0.2, 0) is 0 Å². The topological polar surface area (TPSA) is 49.9 Å². The van der Waals surface area contributed by atoms with Gasteiger partial charge in [-0.05, 0) is 18.6 Å². The van der Waals surface area contributed by atoms with Gasteiger partial charge in [0.05, 0.1) is 0 Å². The van der Waals surface area contributed by atoms with Crippen molar-refractivity contribution in [3.63, 3.8) is 0 Å². The highest BCUT2D eigenvalue weighted by molar-refractivity contribution is 5.95. The molecule has 0 heterocycles. The first kappa shape index (κ1) is 12.8. The maximum atomic E-state index is 12.4. The molecule has 0 bridgehead atoms. The molecule has 0 aromatic heterocycles. The van der Waals surface area contributed by atoms with Crippen molar-refractivity contribution in [3.8, 4) is 0 Å². The van der Waals surface area contributed by atoms with E-state index < -0.39 is 6.43 Å². The van der Waals surface area contributed by atoms with Gasteiger partial charge in [-0.1, -0.05) is 12.1 Å².